The van der Waals surface area contributed by atoms with Crippen LogP contribution in [0.1, 0.15) is 37.7 Å². The molecular weight excluding hydrogens is 198 g/mol. The fourth-order valence-electron chi connectivity index (χ4n) is 2.51. The molecule has 2 rings (SSSR count). The van der Waals surface area contributed by atoms with Crippen LogP contribution in [0.15, 0.2) is 24.3 Å². The number of anilines is 1. The third-order valence-corrected chi connectivity index (χ3v) is 3.45. The molecule has 0 aliphatic heterocycles. The summed E-state index contributed by atoms with van der Waals surface area (Å²) >= 11 is 0. The molecular formula is C13H23N3. The third-order valence-electron chi connectivity index (χ3n) is 3.45. The second-order valence-corrected chi connectivity index (χ2v) is 4.80. The molecule has 1 aliphatic rings. The maximum Gasteiger partial charge on any atom is 0.0347 e. The van der Waals surface area contributed by atoms with Gasteiger partial charge in [-0.1, -0.05) is 37.5 Å². The first-order valence-corrected chi connectivity index (χ1v) is 5.82. The fraction of sp³-hybridized carbons (Fsp3) is 0.538. The van der Waals surface area contributed by atoms with Gasteiger partial charge in [0, 0.05) is 11.2 Å². The number of rotatable bonds is 2. The van der Waals surface area contributed by atoms with Crippen molar-refractivity contribution in [2.75, 3.05) is 5.73 Å². The zero-order chi connectivity index (χ0) is 10.7. The van der Waals surface area contributed by atoms with Gasteiger partial charge >= 0.3 is 0 Å². The normalized spacial score (nSPS) is 18.8. The van der Waals surface area contributed by atoms with Crippen LogP contribution in [0.25, 0.3) is 0 Å². The number of hydrogen-bond acceptors (Lipinski definition) is 3. The van der Waals surface area contributed by atoms with Crippen LogP contribution in [-0.4, -0.2) is 5.54 Å². The van der Waals surface area contributed by atoms with E-state index in [1.165, 1.54) is 24.8 Å². The largest absolute Gasteiger partial charge is 0.399 e. The van der Waals surface area contributed by atoms with E-state index in [1.807, 2.05) is 18.2 Å². The van der Waals surface area contributed by atoms with Crippen LogP contribution in [0.2, 0.25) is 0 Å². The molecule has 0 amide bonds. The summed E-state index contributed by atoms with van der Waals surface area (Å²) in [6.07, 6.45) is 7.08. The molecule has 0 atom stereocenters. The van der Waals surface area contributed by atoms with Crippen LogP contribution >= 0.6 is 0 Å². The Hall–Kier alpha value is -1.06. The highest BCUT2D eigenvalue weighted by Gasteiger charge is 2.27. The lowest BCUT2D eigenvalue weighted by Crippen LogP contribution is -2.43. The molecule has 90 valence electrons. The summed E-state index contributed by atoms with van der Waals surface area (Å²) < 4.78 is 0. The predicted octanol–water partition coefficient (Wildman–Crippen LogP) is 2.63. The van der Waals surface area contributed by atoms with Crippen LogP contribution in [0.3, 0.4) is 0 Å². The fourth-order valence-corrected chi connectivity index (χ4v) is 2.51. The summed E-state index contributed by atoms with van der Waals surface area (Å²) in [5, 5.41) is 0. The van der Waals surface area contributed by atoms with E-state index in [2.05, 4.69) is 6.07 Å². The van der Waals surface area contributed by atoms with Crippen LogP contribution in [0.4, 0.5) is 5.69 Å². The Morgan fingerprint density at radius 1 is 1.06 bits per heavy atom. The predicted molar refractivity (Wildman–Crippen MR) is 69.6 cm³/mol. The average Bonchev–Trinajstić information content (AvgIpc) is 2.22. The lowest BCUT2D eigenvalue weighted by molar-refractivity contribution is 0.294. The molecule has 0 heterocycles. The summed E-state index contributed by atoms with van der Waals surface area (Å²) in [5.74, 6) is 0. The van der Waals surface area contributed by atoms with Crippen molar-refractivity contribution in [3.63, 3.8) is 0 Å². The highest BCUT2D eigenvalue weighted by molar-refractivity contribution is 5.47. The van der Waals surface area contributed by atoms with Gasteiger partial charge < -0.3 is 17.6 Å². The van der Waals surface area contributed by atoms with Crippen molar-refractivity contribution in [1.29, 1.82) is 0 Å². The van der Waals surface area contributed by atoms with E-state index in [4.69, 9.17) is 11.5 Å². The average molecular weight is 221 g/mol. The van der Waals surface area contributed by atoms with Crippen LogP contribution in [0.5, 0.6) is 0 Å². The smallest absolute Gasteiger partial charge is 0.0347 e. The molecule has 0 radical (unpaired) electrons. The van der Waals surface area contributed by atoms with Gasteiger partial charge in [-0.15, -0.1) is 0 Å². The molecule has 3 nitrogen and oxygen atoms in total. The quantitative estimate of drug-likeness (QED) is 0.671. The van der Waals surface area contributed by atoms with Gasteiger partial charge in [0.25, 0.3) is 0 Å². The minimum atomic E-state index is -0.00623. The van der Waals surface area contributed by atoms with Crippen molar-refractivity contribution in [3.8, 4) is 0 Å². The van der Waals surface area contributed by atoms with Crippen molar-refractivity contribution in [2.45, 2.75) is 44.1 Å². The molecule has 0 spiro atoms. The van der Waals surface area contributed by atoms with Crippen molar-refractivity contribution >= 4 is 5.69 Å². The lowest BCUT2D eigenvalue weighted by atomic mass is 9.78. The second kappa shape index (κ2) is 5.32. The van der Waals surface area contributed by atoms with Gasteiger partial charge in [0.1, 0.15) is 0 Å². The monoisotopic (exact) mass is 221 g/mol. The molecule has 3 heteroatoms. The zero-order valence-electron chi connectivity index (χ0n) is 9.91. The third kappa shape index (κ3) is 2.97. The summed E-state index contributed by atoms with van der Waals surface area (Å²) in [6, 6.07) is 8.07. The molecule has 1 aliphatic carbocycles. The van der Waals surface area contributed by atoms with Crippen molar-refractivity contribution < 1.29 is 0 Å². The maximum atomic E-state index is 6.40. The van der Waals surface area contributed by atoms with E-state index in [-0.39, 0.29) is 11.7 Å². The van der Waals surface area contributed by atoms with Gasteiger partial charge in [0.2, 0.25) is 0 Å². The standard InChI is InChI=1S/C13H20N2.H3N/c14-12-7-3-2-6-11(12)10-13(15)8-4-1-5-9-13;/h2-3,6-7H,1,4-5,8-10,14-15H2;1H3. The Balaban J connectivity index is 0.00000128. The molecule has 7 N–H and O–H groups in total. The summed E-state index contributed by atoms with van der Waals surface area (Å²) in [6.45, 7) is 0. The SMILES string of the molecule is N.Nc1ccccc1CC1(N)CCCCC1. The number of benzene rings is 1. The van der Waals surface area contributed by atoms with Gasteiger partial charge in [-0.25, -0.2) is 0 Å². The summed E-state index contributed by atoms with van der Waals surface area (Å²) in [7, 11) is 0. The summed E-state index contributed by atoms with van der Waals surface area (Å²) in [4.78, 5) is 0. The summed E-state index contributed by atoms with van der Waals surface area (Å²) in [5.41, 5.74) is 14.4. The Kier molecular flexibility index (Phi) is 4.33. The lowest BCUT2D eigenvalue weighted by Gasteiger charge is -2.33. The second-order valence-electron chi connectivity index (χ2n) is 4.80. The Bertz CT molecular complexity index is 330. The molecule has 0 aromatic heterocycles. The number of hydrogen-bond donors (Lipinski definition) is 3. The Morgan fingerprint density at radius 3 is 2.31 bits per heavy atom. The highest BCUT2D eigenvalue weighted by atomic mass is 14.7. The van der Waals surface area contributed by atoms with Crippen molar-refractivity contribution in [1.82, 2.24) is 6.15 Å². The van der Waals surface area contributed by atoms with Gasteiger partial charge in [0.05, 0.1) is 0 Å². The minimum Gasteiger partial charge on any atom is -0.399 e. The van der Waals surface area contributed by atoms with Crippen LogP contribution in [-0.2, 0) is 6.42 Å². The first-order valence-electron chi connectivity index (χ1n) is 5.82. The van der Waals surface area contributed by atoms with E-state index >= 15 is 0 Å². The molecule has 0 bridgehead atoms. The van der Waals surface area contributed by atoms with E-state index < -0.39 is 0 Å². The van der Waals surface area contributed by atoms with E-state index in [0.29, 0.717) is 0 Å². The topological polar surface area (TPSA) is 87.0 Å². The van der Waals surface area contributed by atoms with Crippen LogP contribution < -0.4 is 17.6 Å². The molecule has 1 aromatic rings. The van der Waals surface area contributed by atoms with Gasteiger partial charge in [-0.3, -0.25) is 0 Å². The molecule has 0 unspecified atom stereocenters. The van der Waals surface area contributed by atoms with Gasteiger partial charge in [0.15, 0.2) is 0 Å². The molecule has 16 heavy (non-hydrogen) atoms. The highest BCUT2D eigenvalue weighted by Crippen LogP contribution is 2.30. The van der Waals surface area contributed by atoms with Crippen molar-refractivity contribution in [2.24, 2.45) is 5.73 Å². The molecule has 1 saturated carbocycles. The number of nitrogen functional groups attached to an aromatic ring is 1. The van der Waals surface area contributed by atoms with Gasteiger partial charge in [-0.2, -0.15) is 0 Å². The number of para-hydroxylation sites is 1. The van der Waals surface area contributed by atoms with E-state index in [0.717, 1.165) is 24.9 Å². The Morgan fingerprint density at radius 2 is 1.69 bits per heavy atom. The maximum absolute atomic E-state index is 6.40. The van der Waals surface area contributed by atoms with Crippen molar-refractivity contribution in [3.05, 3.63) is 29.8 Å². The van der Waals surface area contributed by atoms with E-state index in [9.17, 15) is 0 Å². The first-order chi connectivity index (χ1) is 7.20. The molecule has 0 saturated heterocycles. The Labute approximate surface area is 97.8 Å². The van der Waals surface area contributed by atoms with E-state index in [1.54, 1.807) is 0 Å². The molecule has 1 aromatic carbocycles. The zero-order valence-corrected chi connectivity index (χ0v) is 9.91. The molecule has 1 fully saturated rings. The first kappa shape index (κ1) is 13.0. The number of nitrogens with two attached hydrogens (primary N) is 2. The van der Waals surface area contributed by atoms with Crippen LogP contribution in [0, 0.1) is 0 Å². The van der Waals surface area contributed by atoms with Gasteiger partial charge in [-0.05, 0) is 30.9 Å². The minimum absolute atomic E-state index is 0.